The van der Waals surface area contributed by atoms with Gasteiger partial charge in [0, 0.05) is 12.3 Å². The van der Waals surface area contributed by atoms with Gasteiger partial charge in [-0.3, -0.25) is 14.9 Å². The van der Waals surface area contributed by atoms with Crippen molar-refractivity contribution in [2.24, 2.45) is 5.92 Å². The number of imide groups is 1. The van der Waals surface area contributed by atoms with Gasteiger partial charge in [-0.15, -0.1) is 10.1 Å². The molecule has 1 saturated heterocycles. The Morgan fingerprint density at radius 2 is 2.29 bits per heavy atom. The van der Waals surface area contributed by atoms with E-state index in [1.807, 2.05) is 0 Å². The second-order valence-corrected chi connectivity index (χ2v) is 3.01. The normalized spacial score (nSPS) is 20.7. The summed E-state index contributed by atoms with van der Waals surface area (Å²) < 4.78 is 0. The highest BCUT2D eigenvalue weighted by molar-refractivity contribution is 6.03. The average Bonchev–Trinajstić information content (AvgIpc) is 2.39. The van der Waals surface area contributed by atoms with E-state index in [-0.39, 0.29) is 30.8 Å². The maximum absolute atomic E-state index is 11.0. The number of hydrogen-bond acceptors (Lipinski definition) is 5. The van der Waals surface area contributed by atoms with E-state index in [1.54, 1.807) is 0 Å². The molecule has 0 spiro atoms. The molecular formula is C7H10N2O5. The Hall–Kier alpha value is -1.66. The molecule has 14 heavy (non-hydrogen) atoms. The van der Waals surface area contributed by atoms with Gasteiger partial charge in [-0.25, -0.2) is 0 Å². The van der Waals surface area contributed by atoms with Crippen molar-refractivity contribution in [1.29, 1.82) is 0 Å². The number of nitrogens with one attached hydrogen (secondary N) is 1. The van der Waals surface area contributed by atoms with Crippen molar-refractivity contribution in [1.82, 2.24) is 5.32 Å². The van der Waals surface area contributed by atoms with Gasteiger partial charge in [0.1, 0.15) is 0 Å². The first kappa shape index (κ1) is 10.4. The minimum atomic E-state index is -0.875. The van der Waals surface area contributed by atoms with Crippen LogP contribution in [0, 0.1) is 16.0 Å². The van der Waals surface area contributed by atoms with Crippen molar-refractivity contribution in [3.63, 3.8) is 0 Å². The average molecular weight is 202 g/mol. The third-order valence-corrected chi connectivity index (χ3v) is 1.96. The highest BCUT2D eigenvalue weighted by Crippen LogP contribution is 2.16. The zero-order chi connectivity index (χ0) is 10.6. The molecule has 78 valence electrons. The van der Waals surface area contributed by atoms with E-state index in [0.29, 0.717) is 12.8 Å². The van der Waals surface area contributed by atoms with Gasteiger partial charge < -0.3 is 4.84 Å². The molecule has 2 amide bonds. The monoisotopic (exact) mass is 202 g/mol. The van der Waals surface area contributed by atoms with E-state index in [0.717, 1.165) is 0 Å². The Kier molecular flexibility index (Phi) is 3.38. The molecule has 1 heterocycles. The summed E-state index contributed by atoms with van der Waals surface area (Å²) in [5.74, 6) is -0.927. The second kappa shape index (κ2) is 4.54. The van der Waals surface area contributed by atoms with Crippen LogP contribution in [0.2, 0.25) is 0 Å². The fourth-order valence-electron chi connectivity index (χ4n) is 1.31. The molecular weight excluding hydrogens is 192 g/mol. The van der Waals surface area contributed by atoms with Crippen molar-refractivity contribution in [2.45, 2.75) is 19.3 Å². The Morgan fingerprint density at radius 3 is 2.79 bits per heavy atom. The zero-order valence-corrected chi connectivity index (χ0v) is 7.39. The van der Waals surface area contributed by atoms with Crippen LogP contribution in [0.1, 0.15) is 19.3 Å². The van der Waals surface area contributed by atoms with Crippen LogP contribution >= 0.6 is 0 Å². The lowest BCUT2D eigenvalue weighted by Gasteiger charge is -2.03. The first-order valence-corrected chi connectivity index (χ1v) is 4.20. The van der Waals surface area contributed by atoms with Crippen LogP contribution in [0.15, 0.2) is 0 Å². The molecule has 0 aliphatic carbocycles. The third-order valence-electron chi connectivity index (χ3n) is 1.96. The topological polar surface area (TPSA) is 98.5 Å². The summed E-state index contributed by atoms with van der Waals surface area (Å²) >= 11 is 0. The molecule has 1 aliphatic heterocycles. The first-order valence-electron chi connectivity index (χ1n) is 4.20. The van der Waals surface area contributed by atoms with Crippen LogP contribution < -0.4 is 5.32 Å². The van der Waals surface area contributed by atoms with Gasteiger partial charge in [0.25, 0.3) is 5.09 Å². The minimum absolute atomic E-state index is 0.0367. The molecule has 0 bridgehead atoms. The van der Waals surface area contributed by atoms with Crippen molar-refractivity contribution >= 4 is 11.8 Å². The van der Waals surface area contributed by atoms with E-state index >= 15 is 0 Å². The maximum Gasteiger partial charge on any atom is 0.294 e. The van der Waals surface area contributed by atoms with E-state index in [1.165, 1.54) is 0 Å². The highest BCUT2D eigenvalue weighted by Gasteiger charge is 2.29. The van der Waals surface area contributed by atoms with E-state index < -0.39 is 5.09 Å². The fourth-order valence-corrected chi connectivity index (χ4v) is 1.31. The molecule has 7 heteroatoms. The Balaban J connectivity index is 2.16. The first-order chi connectivity index (χ1) is 6.59. The van der Waals surface area contributed by atoms with Crippen LogP contribution in [-0.4, -0.2) is 23.5 Å². The SMILES string of the molecule is O=C1CC(CCCO[N+](=O)[O-])C(=O)N1. The van der Waals surface area contributed by atoms with Crippen molar-refractivity contribution in [2.75, 3.05) is 6.61 Å². The molecule has 0 radical (unpaired) electrons. The number of hydrogen-bond donors (Lipinski definition) is 1. The zero-order valence-electron chi connectivity index (χ0n) is 7.39. The maximum atomic E-state index is 11.0. The Morgan fingerprint density at radius 1 is 1.57 bits per heavy atom. The summed E-state index contributed by atoms with van der Waals surface area (Å²) in [6.45, 7) is -0.0367. The summed E-state index contributed by atoms with van der Waals surface area (Å²) in [5.41, 5.74) is 0. The number of rotatable bonds is 5. The predicted molar refractivity (Wildman–Crippen MR) is 43.4 cm³/mol. The molecule has 0 saturated carbocycles. The number of carbonyl (C=O) groups excluding carboxylic acids is 2. The van der Waals surface area contributed by atoms with Gasteiger partial charge >= 0.3 is 0 Å². The molecule has 0 aromatic heterocycles. The Labute approximate surface area is 79.5 Å². The smallest absolute Gasteiger partial charge is 0.294 e. The lowest BCUT2D eigenvalue weighted by atomic mass is 10.0. The van der Waals surface area contributed by atoms with Crippen molar-refractivity contribution in [3.05, 3.63) is 10.1 Å². The molecule has 1 N–H and O–H groups in total. The lowest BCUT2D eigenvalue weighted by molar-refractivity contribution is -0.757. The molecule has 0 aromatic carbocycles. The van der Waals surface area contributed by atoms with Gasteiger partial charge in [-0.1, -0.05) is 0 Å². The van der Waals surface area contributed by atoms with Crippen LogP contribution in [0.4, 0.5) is 0 Å². The lowest BCUT2D eigenvalue weighted by Crippen LogP contribution is -2.22. The summed E-state index contributed by atoms with van der Waals surface area (Å²) in [5, 5.41) is 11.1. The standard InChI is InChI=1S/C7H10N2O5/c10-6-4-5(7(11)8-6)2-1-3-14-9(12)13/h5H,1-4H2,(H,8,10,11). The van der Waals surface area contributed by atoms with E-state index in [4.69, 9.17) is 0 Å². The predicted octanol–water partition coefficient (Wildman–Crippen LogP) is -0.362. The number of carbonyl (C=O) groups is 2. The van der Waals surface area contributed by atoms with Gasteiger partial charge in [0.15, 0.2) is 0 Å². The summed E-state index contributed by atoms with van der Waals surface area (Å²) in [6, 6.07) is 0. The fraction of sp³-hybridized carbons (Fsp3) is 0.714. The molecule has 1 unspecified atom stereocenters. The minimum Gasteiger partial charge on any atom is -0.314 e. The highest BCUT2D eigenvalue weighted by atomic mass is 16.9. The molecule has 1 aliphatic rings. The van der Waals surface area contributed by atoms with Crippen molar-refractivity contribution in [3.8, 4) is 0 Å². The van der Waals surface area contributed by atoms with Gasteiger partial charge in [-0.05, 0) is 12.8 Å². The van der Waals surface area contributed by atoms with Crippen LogP contribution in [-0.2, 0) is 14.4 Å². The molecule has 0 aromatic rings. The quantitative estimate of drug-likeness (QED) is 0.284. The largest absolute Gasteiger partial charge is 0.314 e. The molecule has 1 atom stereocenters. The second-order valence-electron chi connectivity index (χ2n) is 3.01. The molecule has 1 fully saturated rings. The van der Waals surface area contributed by atoms with Crippen LogP contribution in [0.5, 0.6) is 0 Å². The summed E-state index contributed by atoms with van der Waals surface area (Å²) in [4.78, 5) is 35.6. The van der Waals surface area contributed by atoms with Crippen molar-refractivity contribution < 1.29 is 19.5 Å². The van der Waals surface area contributed by atoms with Crippen LogP contribution in [0.25, 0.3) is 0 Å². The van der Waals surface area contributed by atoms with Gasteiger partial charge in [-0.2, -0.15) is 0 Å². The number of nitrogens with zero attached hydrogens (tertiary/aromatic N) is 1. The van der Waals surface area contributed by atoms with Gasteiger partial charge in [0.05, 0.1) is 6.61 Å². The molecule has 1 rings (SSSR count). The van der Waals surface area contributed by atoms with E-state index in [2.05, 4.69) is 10.2 Å². The van der Waals surface area contributed by atoms with E-state index in [9.17, 15) is 19.7 Å². The number of amides is 2. The third kappa shape index (κ3) is 3.00. The summed E-state index contributed by atoms with van der Waals surface area (Å²) in [6.07, 6.45) is 1.01. The van der Waals surface area contributed by atoms with Gasteiger partial charge in [0.2, 0.25) is 11.8 Å². The molecule has 7 nitrogen and oxygen atoms in total. The van der Waals surface area contributed by atoms with Crippen LogP contribution in [0.3, 0.4) is 0 Å². The summed E-state index contributed by atoms with van der Waals surface area (Å²) in [7, 11) is 0. The Bertz CT molecular complexity index is 265.